The summed E-state index contributed by atoms with van der Waals surface area (Å²) in [6.45, 7) is 2.21. The highest BCUT2D eigenvalue weighted by atomic mass is 35.5. The number of carbonyl (C=O) groups excluding carboxylic acids is 1. The minimum absolute atomic E-state index is 0.0766. The minimum atomic E-state index is -0.476. The Morgan fingerprint density at radius 1 is 1.27 bits per heavy atom. The van der Waals surface area contributed by atoms with E-state index in [1.807, 2.05) is 4.90 Å². The van der Waals surface area contributed by atoms with Crippen molar-refractivity contribution in [2.24, 2.45) is 0 Å². The third kappa shape index (κ3) is 3.62. The Kier molecular flexibility index (Phi) is 4.71. The van der Waals surface area contributed by atoms with Gasteiger partial charge in [0.1, 0.15) is 0 Å². The fourth-order valence-corrected chi connectivity index (χ4v) is 3.28. The third-order valence-electron chi connectivity index (χ3n) is 4.88. The quantitative estimate of drug-likeness (QED) is 0.895. The molecule has 0 bridgehead atoms. The number of hydrogen-bond acceptors (Lipinski definition) is 3. The summed E-state index contributed by atoms with van der Waals surface area (Å²) < 4.78 is 0. The van der Waals surface area contributed by atoms with E-state index in [2.05, 4.69) is 5.32 Å². The predicted molar refractivity (Wildman–Crippen MR) is 87.2 cm³/mol. The number of amides is 1. The van der Waals surface area contributed by atoms with Gasteiger partial charge in [-0.2, -0.15) is 0 Å². The van der Waals surface area contributed by atoms with Gasteiger partial charge in [-0.05, 0) is 56.4 Å². The zero-order chi connectivity index (χ0) is 15.6. The van der Waals surface area contributed by atoms with Gasteiger partial charge in [-0.25, -0.2) is 0 Å². The molecule has 0 atom stereocenters. The number of carbonyl (C=O) groups is 1. The molecule has 3 rings (SSSR count). The molecule has 1 amide bonds. The first kappa shape index (κ1) is 15.8. The molecule has 2 aliphatic rings. The average Bonchev–Trinajstić information content (AvgIpc) is 2.52. The predicted octanol–water partition coefficient (Wildman–Crippen LogP) is 2.45. The highest BCUT2D eigenvalue weighted by Crippen LogP contribution is 2.31. The molecule has 2 N–H and O–H groups in total. The van der Waals surface area contributed by atoms with Gasteiger partial charge in [0.05, 0.1) is 5.60 Å². The summed E-state index contributed by atoms with van der Waals surface area (Å²) in [7, 11) is 0. The molecule has 1 aliphatic carbocycles. The van der Waals surface area contributed by atoms with E-state index in [1.54, 1.807) is 24.3 Å². The highest BCUT2D eigenvalue weighted by Gasteiger charge is 2.35. The second kappa shape index (κ2) is 6.57. The molecule has 1 saturated carbocycles. The number of rotatable bonds is 4. The monoisotopic (exact) mass is 322 g/mol. The van der Waals surface area contributed by atoms with Gasteiger partial charge in [0.25, 0.3) is 5.91 Å². The van der Waals surface area contributed by atoms with E-state index >= 15 is 0 Å². The summed E-state index contributed by atoms with van der Waals surface area (Å²) in [6.07, 6.45) is 4.83. The van der Waals surface area contributed by atoms with Gasteiger partial charge in [-0.1, -0.05) is 11.6 Å². The molecule has 120 valence electrons. The van der Waals surface area contributed by atoms with Crippen LogP contribution in [0.25, 0.3) is 0 Å². The second-order valence-corrected chi connectivity index (χ2v) is 6.97. The van der Waals surface area contributed by atoms with E-state index in [0.29, 0.717) is 23.2 Å². The second-order valence-electron chi connectivity index (χ2n) is 6.53. The number of piperidine rings is 1. The number of nitrogens with zero attached hydrogens (tertiary/aromatic N) is 1. The molecule has 0 aromatic heterocycles. The van der Waals surface area contributed by atoms with E-state index in [4.69, 9.17) is 11.6 Å². The molecular formula is C17H23ClN2O2. The van der Waals surface area contributed by atoms with E-state index in [1.165, 1.54) is 0 Å². The Balaban J connectivity index is 1.46. The molecule has 1 aromatic rings. The summed E-state index contributed by atoms with van der Waals surface area (Å²) in [4.78, 5) is 14.3. The standard InChI is InChI=1S/C17H23ClN2O2/c18-14-4-2-13(3-5-14)16(21)20-10-6-15(7-11-20)19-12-17(22)8-1-9-17/h2-5,15,19,22H,1,6-12H2. The molecule has 5 heteroatoms. The Hall–Kier alpha value is -1.10. The van der Waals surface area contributed by atoms with Crippen LogP contribution >= 0.6 is 11.6 Å². The fraction of sp³-hybridized carbons (Fsp3) is 0.588. The number of nitrogens with one attached hydrogen (secondary N) is 1. The summed E-state index contributed by atoms with van der Waals surface area (Å²) >= 11 is 5.86. The fourth-order valence-electron chi connectivity index (χ4n) is 3.16. The normalized spacial score (nSPS) is 21.5. The first-order valence-electron chi connectivity index (χ1n) is 8.06. The maximum absolute atomic E-state index is 12.4. The number of benzene rings is 1. The van der Waals surface area contributed by atoms with Crippen LogP contribution in [0.1, 0.15) is 42.5 Å². The molecule has 0 radical (unpaired) electrons. The molecule has 1 heterocycles. The van der Waals surface area contributed by atoms with E-state index in [0.717, 1.165) is 45.2 Å². The summed E-state index contributed by atoms with van der Waals surface area (Å²) in [5.41, 5.74) is 0.218. The van der Waals surface area contributed by atoms with Crippen LogP contribution in [0.15, 0.2) is 24.3 Å². The summed E-state index contributed by atoms with van der Waals surface area (Å²) in [5, 5.41) is 14.2. The lowest BCUT2D eigenvalue weighted by atomic mass is 9.80. The maximum Gasteiger partial charge on any atom is 0.253 e. The van der Waals surface area contributed by atoms with Gasteiger partial charge in [0, 0.05) is 36.3 Å². The zero-order valence-electron chi connectivity index (χ0n) is 12.7. The topological polar surface area (TPSA) is 52.6 Å². The third-order valence-corrected chi connectivity index (χ3v) is 5.13. The van der Waals surface area contributed by atoms with Crippen molar-refractivity contribution in [3.63, 3.8) is 0 Å². The van der Waals surface area contributed by atoms with Crippen LogP contribution in [0.4, 0.5) is 0 Å². The molecule has 0 unspecified atom stereocenters. The highest BCUT2D eigenvalue weighted by molar-refractivity contribution is 6.30. The number of likely N-dealkylation sites (tertiary alicyclic amines) is 1. The van der Waals surface area contributed by atoms with Gasteiger partial charge < -0.3 is 15.3 Å². The summed E-state index contributed by atoms with van der Waals surface area (Å²) in [6, 6.07) is 7.46. The largest absolute Gasteiger partial charge is 0.389 e. The Morgan fingerprint density at radius 3 is 2.45 bits per heavy atom. The number of halogens is 1. The Bertz CT molecular complexity index is 520. The Morgan fingerprint density at radius 2 is 1.91 bits per heavy atom. The number of hydrogen-bond donors (Lipinski definition) is 2. The van der Waals surface area contributed by atoms with Crippen molar-refractivity contribution in [3.05, 3.63) is 34.9 Å². The minimum Gasteiger partial charge on any atom is -0.389 e. The molecule has 1 aromatic carbocycles. The van der Waals surface area contributed by atoms with Gasteiger partial charge in [-0.15, -0.1) is 0 Å². The van der Waals surface area contributed by atoms with Crippen LogP contribution in [-0.4, -0.2) is 47.2 Å². The lowest BCUT2D eigenvalue weighted by Gasteiger charge is -2.39. The maximum atomic E-state index is 12.4. The summed E-state index contributed by atoms with van der Waals surface area (Å²) in [5.74, 6) is 0.0766. The number of aliphatic hydroxyl groups is 1. The van der Waals surface area contributed by atoms with Crippen LogP contribution in [-0.2, 0) is 0 Å². The van der Waals surface area contributed by atoms with Crippen molar-refractivity contribution in [1.29, 1.82) is 0 Å². The van der Waals surface area contributed by atoms with Crippen LogP contribution in [0.2, 0.25) is 5.02 Å². The molecule has 0 spiro atoms. The van der Waals surface area contributed by atoms with E-state index in [-0.39, 0.29) is 5.91 Å². The van der Waals surface area contributed by atoms with Crippen molar-refractivity contribution >= 4 is 17.5 Å². The average molecular weight is 323 g/mol. The van der Waals surface area contributed by atoms with Gasteiger partial charge in [0.2, 0.25) is 0 Å². The lowest BCUT2D eigenvalue weighted by molar-refractivity contribution is -0.0344. The zero-order valence-corrected chi connectivity index (χ0v) is 13.5. The van der Waals surface area contributed by atoms with Crippen LogP contribution in [0.3, 0.4) is 0 Å². The van der Waals surface area contributed by atoms with Crippen molar-refractivity contribution in [3.8, 4) is 0 Å². The molecule has 2 fully saturated rings. The molecular weight excluding hydrogens is 300 g/mol. The van der Waals surface area contributed by atoms with Crippen LogP contribution in [0.5, 0.6) is 0 Å². The van der Waals surface area contributed by atoms with Crippen LogP contribution in [0, 0.1) is 0 Å². The van der Waals surface area contributed by atoms with E-state index < -0.39 is 5.60 Å². The van der Waals surface area contributed by atoms with Gasteiger partial charge >= 0.3 is 0 Å². The van der Waals surface area contributed by atoms with Gasteiger partial charge in [-0.3, -0.25) is 4.79 Å². The molecule has 1 saturated heterocycles. The molecule has 22 heavy (non-hydrogen) atoms. The van der Waals surface area contributed by atoms with Crippen LogP contribution < -0.4 is 5.32 Å². The van der Waals surface area contributed by atoms with Crippen molar-refractivity contribution < 1.29 is 9.90 Å². The SMILES string of the molecule is O=C(c1ccc(Cl)cc1)N1CCC(NCC2(O)CCC2)CC1. The first-order chi connectivity index (χ1) is 10.6. The van der Waals surface area contributed by atoms with E-state index in [9.17, 15) is 9.90 Å². The van der Waals surface area contributed by atoms with Crippen molar-refractivity contribution in [2.45, 2.75) is 43.7 Å². The first-order valence-corrected chi connectivity index (χ1v) is 8.44. The molecule has 1 aliphatic heterocycles. The smallest absolute Gasteiger partial charge is 0.253 e. The van der Waals surface area contributed by atoms with Crippen molar-refractivity contribution in [2.75, 3.05) is 19.6 Å². The van der Waals surface area contributed by atoms with Gasteiger partial charge in [0.15, 0.2) is 0 Å². The van der Waals surface area contributed by atoms with Crippen molar-refractivity contribution in [1.82, 2.24) is 10.2 Å². The lowest BCUT2D eigenvalue weighted by Crippen LogP contribution is -2.52. The molecule has 4 nitrogen and oxygen atoms in total. The Labute approximate surface area is 136 Å².